The summed E-state index contributed by atoms with van der Waals surface area (Å²) in [6, 6.07) is 13.6. The fourth-order valence-electron chi connectivity index (χ4n) is 4.89. The molecule has 2 aromatic rings. The highest BCUT2D eigenvalue weighted by Crippen LogP contribution is 2.44. The molecule has 40 heavy (non-hydrogen) atoms. The Morgan fingerprint density at radius 2 is 1.77 bits per heavy atom. The van der Waals surface area contributed by atoms with E-state index in [-0.39, 0.29) is 36.9 Å². The third-order valence-corrected chi connectivity index (χ3v) is 8.45. The minimum absolute atomic E-state index is 0.0938. The Hall–Kier alpha value is -3.32. The maximum atomic E-state index is 12.0. The van der Waals surface area contributed by atoms with E-state index in [0.29, 0.717) is 35.5 Å². The summed E-state index contributed by atoms with van der Waals surface area (Å²) in [5.41, 5.74) is 8.70. The lowest BCUT2D eigenvalue weighted by Crippen LogP contribution is -2.32. The lowest BCUT2D eigenvalue weighted by atomic mass is 9.75. The number of nitrogens with zero attached hydrogens (tertiary/aromatic N) is 1. The van der Waals surface area contributed by atoms with Gasteiger partial charge < -0.3 is 10.5 Å². The number of benzene rings is 2. The van der Waals surface area contributed by atoms with Crippen LogP contribution in [0.15, 0.2) is 71.7 Å². The van der Waals surface area contributed by atoms with Crippen molar-refractivity contribution in [2.24, 2.45) is 5.73 Å². The van der Waals surface area contributed by atoms with Gasteiger partial charge in [0.15, 0.2) is 5.71 Å². The zero-order valence-electron chi connectivity index (χ0n) is 22.5. The summed E-state index contributed by atoms with van der Waals surface area (Å²) < 4.78 is 72.7. The summed E-state index contributed by atoms with van der Waals surface area (Å²) in [7, 11) is -8.70. The molecule has 4 N–H and O–H groups in total. The molecule has 1 aliphatic heterocycles. The standard InChI is InChI=1S/C28H34N2O8S2/c1-3-38-27(31)14-8-17-28(2)23-20-22(40(35,36)37)15-16-25(23)30(18-9-19-39(32,33)34)26(28)13-7-12-24(29)21-10-5-4-6-11-21/h4-7,10-13,15-16,20,29H,3,8-9,14,17-19H2,1-2H3,(H2,32,33,34,35,36,37)/p+1. The minimum Gasteiger partial charge on any atom is -0.466 e. The largest absolute Gasteiger partial charge is 0.466 e. The number of hydrogen-bond acceptors (Lipinski definition) is 7. The molecule has 0 aliphatic carbocycles. The Morgan fingerprint density at radius 1 is 1.07 bits per heavy atom. The molecule has 0 radical (unpaired) electrons. The first-order valence-electron chi connectivity index (χ1n) is 12.8. The van der Waals surface area contributed by atoms with Crippen molar-refractivity contribution in [3.63, 3.8) is 0 Å². The SMILES string of the molecule is CCOC(=O)CCCC1(C)C(C=CC=C(N)c2ccccc2)=[N+](CCCS(=O)(=O)O)c2ccc(S(=O)(=O)O)cc21. The second kappa shape index (κ2) is 12.9. The molecule has 1 heterocycles. The highest BCUT2D eigenvalue weighted by atomic mass is 32.2. The van der Waals surface area contributed by atoms with Crippen molar-refractivity contribution in [1.29, 1.82) is 0 Å². The third-order valence-electron chi connectivity index (χ3n) is 6.79. The Labute approximate surface area is 235 Å². The van der Waals surface area contributed by atoms with Crippen LogP contribution in [0.5, 0.6) is 0 Å². The van der Waals surface area contributed by atoms with Gasteiger partial charge in [0.2, 0.25) is 5.69 Å². The highest BCUT2D eigenvalue weighted by molar-refractivity contribution is 7.86. The number of esters is 1. The molecular formula is C28H35N2O8S2+. The third kappa shape index (κ3) is 7.87. The average Bonchev–Trinajstić information content (AvgIpc) is 3.10. The second-order valence-electron chi connectivity index (χ2n) is 9.67. The number of carbonyl (C=O) groups is 1. The van der Waals surface area contributed by atoms with Crippen LogP contribution in [-0.4, -0.2) is 61.1 Å². The second-order valence-corrected chi connectivity index (χ2v) is 12.7. The topological polar surface area (TPSA) is 164 Å². The van der Waals surface area contributed by atoms with Crippen LogP contribution < -0.4 is 5.73 Å². The number of rotatable bonds is 13. The molecule has 216 valence electrons. The Kier molecular flexibility index (Phi) is 10.1. The molecule has 0 bridgehead atoms. The van der Waals surface area contributed by atoms with E-state index in [2.05, 4.69) is 0 Å². The molecule has 0 aromatic heterocycles. The van der Waals surface area contributed by atoms with Gasteiger partial charge >= 0.3 is 5.97 Å². The lowest BCUT2D eigenvalue weighted by Gasteiger charge is -2.22. The summed E-state index contributed by atoms with van der Waals surface area (Å²) >= 11 is 0. The first-order chi connectivity index (χ1) is 18.8. The maximum Gasteiger partial charge on any atom is 0.305 e. The van der Waals surface area contributed by atoms with Crippen LogP contribution in [0.3, 0.4) is 0 Å². The minimum atomic E-state index is -4.50. The number of fused-ring (bicyclic) bond motifs is 1. The molecule has 12 heteroatoms. The van der Waals surface area contributed by atoms with Gasteiger partial charge in [0, 0.05) is 36.2 Å². The van der Waals surface area contributed by atoms with E-state index in [0.717, 1.165) is 5.56 Å². The highest BCUT2D eigenvalue weighted by Gasteiger charge is 2.47. The molecule has 0 spiro atoms. The monoisotopic (exact) mass is 591 g/mol. The van der Waals surface area contributed by atoms with Crippen molar-refractivity contribution in [1.82, 2.24) is 0 Å². The van der Waals surface area contributed by atoms with Gasteiger partial charge in [0.05, 0.1) is 22.7 Å². The zero-order valence-corrected chi connectivity index (χ0v) is 24.1. The average molecular weight is 592 g/mol. The van der Waals surface area contributed by atoms with Gasteiger partial charge in [-0.15, -0.1) is 0 Å². The fraction of sp³-hybridized carbons (Fsp3) is 0.357. The van der Waals surface area contributed by atoms with Gasteiger partial charge in [-0.1, -0.05) is 36.4 Å². The summed E-state index contributed by atoms with van der Waals surface area (Å²) in [6.07, 6.45) is 6.38. The molecule has 10 nitrogen and oxygen atoms in total. The summed E-state index contributed by atoms with van der Waals surface area (Å²) in [5.74, 6) is -0.809. The van der Waals surface area contributed by atoms with Gasteiger partial charge in [-0.05, 0) is 50.5 Å². The summed E-state index contributed by atoms with van der Waals surface area (Å²) in [4.78, 5) is 11.8. The van der Waals surface area contributed by atoms with Crippen LogP contribution in [0.2, 0.25) is 0 Å². The molecule has 1 atom stereocenters. The molecule has 2 aromatic carbocycles. The van der Waals surface area contributed by atoms with E-state index in [1.54, 1.807) is 25.1 Å². The van der Waals surface area contributed by atoms with E-state index in [9.17, 15) is 30.7 Å². The molecule has 3 rings (SSSR count). The van der Waals surface area contributed by atoms with Crippen molar-refractivity contribution in [3.05, 3.63) is 77.9 Å². The maximum absolute atomic E-state index is 12.0. The Balaban J connectivity index is 2.11. The van der Waals surface area contributed by atoms with Gasteiger partial charge in [-0.2, -0.15) is 21.4 Å². The molecule has 0 saturated carbocycles. The van der Waals surface area contributed by atoms with Crippen molar-refractivity contribution < 1.29 is 40.0 Å². The molecule has 0 amide bonds. The molecule has 0 saturated heterocycles. The van der Waals surface area contributed by atoms with E-state index in [1.165, 1.54) is 12.1 Å². The van der Waals surface area contributed by atoms with Crippen LogP contribution in [0.4, 0.5) is 5.69 Å². The lowest BCUT2D eigenvalue weighted by molar-refractivity contribution is -0.437. The molecule has 1 aliphatic rings. The van der Waals surface area contributed by atoms with Gasteiger partial charge in [0.25, 0.3) is 20.2 Å². The van der Waals surface area contributed by atoms with Crippen LogP contribution in [-0.2, 0) is 35.2 Å². The van der Waals surface area contributed by atoms with E-state index >= 15 is 0 Å². The number of carbonyl (C=O) groups excluding carboxylic acids is 1. The Morgan fingerprint density at radius 3 is 2.40 bits per heavy atom. The van der Waals surface area contributed by atoms with Crippen LogP contribution in [0, 0.1) is 0 Å². The first-order valence-corrected chi connectivity index (χ1v) is 15.9. The molecule has 1 unspecified atom stereocenters. The van der Waals surface area contributed by atoms with E-state index in [1.807, 2.05) is 47.9 Å². The van der Waals surface area contributed by atoms with Crippen molar-refractivity contribution in [2.75, 3.05) is 18.9 Å². The first kappa shape index (κ1) is 31.2. The van der Waals surface area contributed by atoms with E-state index in [4.69, 9.17) is 10.5 Å². The number of hydrogen-bond donors (Lipinski definition) is 3. The van der Waals surface area contributed by atoms with Crippen molar-refractivity contribution >= 4 is 43.3 Å². The zero-order chi connectivity index (χ0) is 29.6. The number of nitrogens with two attached hydrogens (primary N) is 1. The van der Waals surface area contributed by atoms with E-state index < -0.39 is 31.4 Å². The van der Waals surface area contributed by atoms with Gasteiger partial charge in [0.1, 0.15) is 6.54 Å². The summed E-state index contributed by atoms with van der Waals surface area (Å²) in [5, 5.41) is 0. The van der Waals surface area contributed by atoms with Crippen LogP contribution >= 0.6 is 0 Å². The van der Waals surface area contributed by atoms with Crippen LogP contribution in [0.25, 0.3) is 5.70 Å². The van der Waals surface area contributed by atoms with Gasteiger partial charge in [-0.25, -0.2) is 0 Å². The van der Waals surface area contributed by atoms with Crippen molar-refractivity contribution in [3.8, 4) is 0 Å². The van der Waals surface area contributed by atoms with Crippen molar-refractivity contribution in [2.45, 2.75) is 49.8 Å². The quantitative estimate of drug-likeness (QED) is 0.136. The fourth-order valence-corrected chi connectivity index (χ4v) is 5.89. The summed E-state index contributed by atoms with van der Waals surface area (Å²) in [6.45, 7) is 4.08. The molecular weight excluding hydrogens is 556 g/mol. The van der Waals surface area contributed by atoms with Gasteiger partial charge in [-0.3, -0.25) is 13.9 Å². The predicted molar refractivity (Wildman–Crippen MR) is 153 cm³/mol. The Bertz CT molecular complexity index is 1550. The number of allylic oxidation sites excluding steroid dienone is 3. The predicted octanol–water partition coefficient (Wildman–Crippen LogP) is 3.86. The normalized spacial score (nSPS) is 17.9. The smallest absolute Gasteiger partial charge is 0.305 e. The molecule has 0 fully saturated rings. The van der Waals surface area contributed by atoms with Crippen LogP contribution in [0.1, 0.15) is 50.7 Å². The number of ether oxygens (including phenoxy) is 1.